The molecular formula is C15H24BrN3. The Kier molecular flexibility index (Phi) is 5.22. The van der Waals surface area contributed by atoms with E-state index in [1.54, 1.807) is 0 Å². The van der Waals surface area contributed by atoms with Crippen molar-refractivity contribution in [3.8, 4) is 0 Å². The second-order valence-corrected chi connectivity index (χ2v) is 6.45. The number of aryl methyl sites for hydroxylation is 1. The first-order chi connectivity index (χ1) is 9.10. The monoisotopic (exact) mass is 325 g/mol. The van der Waals surface area contributed by atoms with Crippen LogP contribution < -0.4 is 4.90 Å². The summed E-state index contributed by atoms with van der Waals surface area (Å²) in [6.45, 7) is 8.98. The maximum absolute atomic E-state index is 4.67. The Balaban J connectivity index is 1.92. The molecule has 106 valence electrons. The molecule has 3 nitrogen and oxygen atoms in total. The van der Waals surface area contributed by atoms with Gasteiger partial charge in [0, 0.05) is 24.1 Å². The molecule has 1 aliphatic heterocycles. The molecule has 1 fully saturated rings. The third-order valence-electron chi connectivity index (χ3n) is 3.79. The van der Waals surface area contributed by atoms with E-state index in [9.17, 15) is 0 Å². The Morgan fingerprint density at radius 1 is 1.47 bits per heavy atom. The second-order valence-electron chi connectivity index (χ2n) is 5.60. The van der Waals surface area contributed by atoms with Crippen LogP contribution in [0.5, 0.6) is 0 Å². The van der Waals surface area contributed by atoms with Gasteiger partial charge in [-0.25, -0.2) is 4.98 Å². The standard InChI is InChI=1S/C15H24BrN3/c1-4-8-18(3)10-13-7-9-19(11-13)15-6-5-14(16)12(2)17-15/h5-6,13H,4,7-11H2,1-3H3/t13-/m0/s1. The van der Waals surface area contributed by atoms with E-state index in [1.165, 1.54) is 25.9 Å². The minimum atomic E-state index is 0.780. The number of rotatable bonds is 5. The largest absolute Gasteiger partial charge is 0.356 e. The minimum absolute atomic E-state index is 0.780. The maximum atomic E-state index is 4.67. The van der Waals surface area contributed by atoms with Gasteiger partial charge in [0.1, 0.15) is 5.82 Å². The van der Waals surface area contributed by atoms with Gasteiger partial charge in [0.15, 0.2) is 0 Å². The Labute approximate surface area is 125 Å². The Hall–Kier alpha value is -0.610. The molecule has 0 radical (unpaired) electrons. The molecule has 1 saturated heterocycles. The molecule has 0 unspecified atom stereocenters. The lowest BCUT2D eigenvalue weighted by Gasteiger charge is -2.21. The van der Waals surface area contributed by atoms with Gasteiger partial charge >= 0.3 is 0 Å². The van der Waals surface area contributed by atoms with Gasteiger partial charge in [0.25, 0.3) is 0 Å². The normalized spacial score (nSPS) is 19.4. The number of anilines is 1. The van der Waals surface area contributed by atoms with Gasteiger partial charge in [-0.3, -0.25) is 0 Å². The Bertz CT molecular complexity index is 422. The van der Waals surface area contributed by atoms with Gasteiger partial charge in [-0.05, 0) is 67.3 Å². The van der Waals surface area contributed by atoms with Crippen molar-refractivity contribution in [3.05, 3.63) is 22.3 Å². The molecule has 1 aliphatic rings. The summed E-state index contributed by atoms with van der Waals surface area (Å²) < 4.78 is 1.09. The number of aromatic nitrogens is 1. The summed E-state index contributed by atoms with van der Waals surface area (Å²) in [5.74, 6) is 1.91. The Morgan fingerprint density at radius 3 is 2.95 bits per heavy atom. The number of hydrogen-bond donors (Lipinski definition) is 0. The van der Waals surface area contributed by atoms with Crippen molar-refractivity contribution in [1.29, 1.82) is 0 Å². The fourth-order valence-corrected chi connectivity index (χ4v) is 3.03. The predicted octanol–water partition coefficient (Wildman–Crippen LogP) is 3.32. The molecule has 1 atom stereocenters. The summed E-state index contributed by atoms with van der Waals surface area (Å²) in [4.78, 5) is 9.54. The molecule has 0 N–H and O–H groups in total. The lowest BCUT2D eigenvalue weighted by atomic mass is 10.1. The summed E-state index contributed by atoms with van der Waals surface area (Å²) in [6, 6.07) is 4.23. The maximum Gasteiger partial charge on any atom is 0.128 e. The highest BCUT2D eigenvalue weighted by molar-refractivity contribution is 9.10. The summed E-state index contributed by atoms with van der Waals surface area (Å²) in [5.41, 5.74) is 1.07. The first kappa shape index (κ1) is 14.8. The van der Waals surface area contributed by atoms with Gasteiger partial charge < -0.3 is 9.80 Å². The van der Waals surface area contributed by atoms with Gasteiger partial charge in [0.2, 0.25) is 0 Å². The molecule has 1 aromatic heterocycles. The van der Waals surface area contributed by atoms with Crippen molar-refractivity contribution >= 4 is 21.7 Å². The van der Waals surface area contributed by atoms with Crippen LogP contribution in [0.1, 0.15) is 25.5 Å². The molecule has 0 amide bonds. The summed E-state index contributed by atoms with van der Waals surface area (Å²) in [6.07, 6.45) is 2.52. The van der Waals surface area contributed by atoms with Gasteiger partial charge in [0.05, 0.1) is 5.69 Å². The molecule has 0 spiro atoms. The van der Waals surface area contributed by atoms with Crippen LogP contribution in [0.15, 0.2) is 16.6 Å². The van der Waals surface area contributed by atoms with Crippen molar-refractivity contribution < 1.29 is 0 Å². The van der Waals surface area contributed by atoms with Crippen molar-refractivity contribution in [1.82, 2.24) is 9.88 Å². The van der Waals surface area contributed by atoms with Crippen LogP contribution in [0.3, 0.4) is 0 Å². The molecule has 2 heterocycles. The summed E-state index contributed by atoms with van der Waals surface area (Å²) in [7, 11) is 2.23. The van der Waals surface area contributed by atoms with Crippen LogP contribution in [-0.2, 0) is 0 Å². The topological polar surface area (TPSA) is 19.4 Å². The fraction of sp³-hybridized carbons (Fsp3) is 0.667. The summed E-state index contributed by atoms with van der Waals surface area (Å²) in [5, 5.41) is 0. The van der Waals surface area contributed by atoms with E-state index in [1.807, 2.05) is 0 Å². The van der Waals surface area contributed by atoms with Crippen molar-refractivity contribution in [2.75, 3.05) is 38.1 Å². The van der Waals surface area contributed by atoms with E-state index in [4.69, 9.17) is 0 Å². The quantitative estimate of drug-likeness (QED) is 0.827. The average molecular weight is 326 g/mol. The third kappa shape index (κ3) is 3.93. The first-order valence-corrected chi connectivity index (χ1v) is 7.96. The molecule has 0 aromatic carbocycles. The molecule has 4 heteroatoms. The van der Waals surface area contributed by atoms with Crippen LogP contribution in [0.25, 0.3) is 0 Å². The fourth-order valence-electron chi connectivity index (χ4n) is 2.81. The van der Waals surface area contributed by atoms with E-state index in [2.05, 4.69) is 63.7 Å². The smallest absolute Gasteiger partial charge is 0.128 e. The molecule has 19 heavy (non-hydrogen) atoms. The second kappa shape index (κ2) is 6.71. The highest BCUT2D eigenvalue weighted by Crippen LogP contribution is 2.25. The van der Waals surface area contributed by atoms with E-state index < -0.39 is 0 Å². The van der Waals surface area contributed by atoms with Crippen molar-refractivity contribution in [2.45, 2.75) is 26.7 Å². The molecule has 2 rings (SSSR count). The number of nitrogens with zero attached hydrogens (tertiary/aromatic N) is 3. The van der Waals surface area contributed by atoms with Crippen LogP contribution in [-0.4, -0.2) is 43.1 Å². The first-order valence-electron chi connectivity index (χ1n) is 7.16. The predicted molar refractivity (Wildman–Crippen MR) is 84.8 cm³/mol. The lowest BCUT2D eigenvalue weighted by Crippen LogP contribution is -2.29. The highest BCUT2D eigenvalue weighted by Gasteiger charge is 2.24. The van der Waals surface area contributed by atoms with E-state index in [0.29, 0.717) is 0 Å². The number of hydrogen-bond acceptors (Lipinski definition) is 3. The number of pyridine rings is 1. The highest BCUT2D eigenvalue weighted by atomic mass is 79.9. The number of halogens is 1. The van der Waals surface area contributed by atoms with Crippen LogP contribution in [0, 0.1) is 12.8 Å². The lowest BCUT2D eigenvalue weighted by molar-refractivity contribution is 0.287. The zero-order valence-corrected chi connectivity index (χ0v) is 13.8. The van der Waals surface area contributed by atoms with Crippen LogP contribution in [0.2, 0.25) is 0 Å². The van der Waals surface area contributed by atoms with Gasteiger partial charge in [-0.2, -0.15) is 0 Å². The van der Waals surface area contributed by atoms with E-state index in [0.717, 1.165) is 35.0 Å². The van der Waals surface area contributed by atoms with Crippen LogP contribution >= 0.6 is 15.9 Å². The van der Waals surface area contributed by atoms with E-state index in [-0.39, 0.29) is 0 Å². The minimum Gasteiger partial charge on any atom is -0.356 e. The van der Waals surface area contributed by atoms with Gasteiger partial charge in [-0.15, -0.1) is 0 Å². The third-order valence-corrected chi connectivity index (χ3v) is 4.63. The zero-order valence-electron chi connectivity index (χ0n) is 12.2. The molecule has 0 saturated carbocycles. The zero-order chi connectivity index (χ0) is 13.8. The molecular weight excluding hydrogens is 302 g/mol. The van der Waals surface area contributed by atoms with Crippen LogP contribution in [0.4, 0.5) is 5.82 Å². The van der Waals surface area contributed by atoms with Crippen molar-refractivity contribution in [2.24, 2.45) is 5.92 Å². The van der Waals surface area contributed by atoms with Gasteiger partial charge in [-0.1, -0.05) is 6.92 Å². The van der Waals surface area contributed by atoms with Crippen molar-refractivity contribution in [3.63, 3.8) is 0 Å². The molecule has 0 aliphatic carbocycles. The Morgan fingerprint density at radius 2 is 2.26 bits per heavy atom. The molecule has 1 aromatic rings. The molecule has 0 bridgehead atoms. The summed E-state index contributed by atoms with van der Waals surface area (Å²) >= 11 is 3.51. The van der Waals surface area contributed by atoms with E-state index >= 15 is 0 Å². The SMILES string of the molecule is CCCN(C)C[C@@H]1CCN(c2ccc(Br)c(C)n2)C1. The average Bonchev–Trinajstić information content (AvgIpc) is 2.81.